The molecule has 2 aromatic heterocycles. The minimum atomic E-state index is 0.561. The van der Waals surface area contributed by atoms with Gasteiger partial charge in [0.05, 0.1) is 11.4 Å². The number of rotatable bonds is 3. The van der Waals surface area contributed by atoms with Crippen LogP contribution in [0.3, 0.4) is 0 Å². The fourth-order valence-corrected chi connectivity index (χ4v) is 4.51. The number of benzene rings is 1. The highest BCUT2D eigenvalue weighted by Gasteiger charge is 2.29. The van der Waals surface area contributed by atoms with Gasteiger partial charge in [0, 0.05) is 41.1 Å². The van der Waals surface area contributed by atoms with Crippen LogP contribution in [0.4, 0.5) is 0 Å². The molecule has 1 atom stereocenters. The molecule has 4 heterocycles. The smallest absolute Gasteiger partial charge is 0.0963 e. The third-order valence-corrected chi connectivity index (χ3v) is 5.86. The van der Waals surface area contributed by atoms with Crippen molar-refractivity contribution in [3.05, 3.63) is 65.6 Å². The molecule has 4 nitrogen and oxygen atoms in total. The number of hydrogen-bond donors (Lipinski definition) is 1. The van der Waals surface area contributed by atoms with E-state index in [1.807, 2.05) is 42.7 Å². The van der Waals surface area contributed by atoms with Crippen LogP contribution in [-0.2, 0) is 0 Å². The van der Waals surface area contributed by atoms with Gasteiger partial charge < -0.3 is 0 Å². The molecule has 5 rings (SSSR count). The van der Waals surface area contributed by atoms with Crippen molar-refractivity contribution in [1.82, 2.24) is 20.1 Å². The van der Waals surface area contributed by atoms with Gasteiger partial charge in [-0.2, -0.15) is 5.10 Å². The molecule has 3 aromatic rings. The number of H-pyrrole nitrogens is 1. The van der Waals surface area contributed by atoms with E-state index >= 15 is 0 Å². The normalized spacial score (nSPS) is 19.7. The molecule has 27 heavy (non-hydrogen) atoms. The summed E-state index contributed by atoms with van der Waals surface area (Å²) >= 11 is 6.25. The molecular weight excluding hydrogens is 356 g/mol. The Morgan fingerprint density at radius 2 is 1.96 bits per heavy atom. The van der Waals surface area contributed by atoms with Crippen molar-refractivity contribution in [1.29, 1.82) is 0 Å². The molecule has 0 saturated carbocycles. The summed E-state index contributed by atoms with van der Waals surface area (Å²) in [7, 11) is 0. The average molecular weight is 377 g/mol. The fourth-order valence-electron chi connectivity index (χ4n) is 4.32. The van der Waals surface area contributed by atoms with Crippen molar-refractivity contribution < 1.29 is 0 Å². The van der Waals surface area contributed by atoms with Crippen LogP contribution < -0.4 is 0 Å². The number of hydrogen-bond acceptors (Lipinski definition) is 3. The summed E-state index contributed by atoms with van der Waals surface area (Å²) in [5.74, 6) is 0. The monoisotopic (exact) mass is 376 g/mol. The Balaban J connectivity index is 1.66. The lowest BCUT2D eigenvalue weighted by Crippen LogP contribution is -2.32. The van der Waals surface area contributed by atoms with Crippen molar-refractivity contribution in [3.63, 3.8) is 0 Å². The van der Waals surface area contributed by atoms with Crippen molar-refractivity contribution in [2.45, 2.75) is 25.3 Å². The van der Waals surface area contributed by atoms with Gasteiger partial charge in [-0.05, 0) is 61.2 Å². The number of aromatic amines is 1. The molecule has 0 aliphatic carbocycles. The van der Waals surface area contributed by atoms with E-state index in [0.717, 1.165) is 46.1 Å². The van der Waals surface area contributed by atoms with E-state index in [1.54, 1.807) is 0 Å². The number of nitrogens with one attached hydrogen (secondary N) is 1. The Hall–Kier alpha value is -2.43. The third kappa shape index (κ3) is 3.09. The number of aromatic nitrogens is 3. The molecule has 5 heteroatoms. The zero-order chi connectivity index (χ0) is 18.2. The maximum Gasteiger partial charge on any atom is 0.0963 e. The highest BCUT2D eigenvalue weighted by atomic mass is 35.5. The largest absolute Gasteiger partial charge is 0.297 e. The lowest BCUT2D eigenvalue weighted by atomic mass is 9.92. The maximum absolute atomic E-state index is 6.25. The molecular formula is C22H21ClN4. The average Bonchev–Trinajstić information content (AvgIpc) is 3.35. The van der Waals surface area contributed by atoms with Gasteiger partial charge in [-0.1, -0.05) is 29.8 Å². The molecule has 0 radical (unpaired) electrons. The number of pyridine rings is 1. The summed E-state index contributed by atoms with van der Waals surface area (Å²) in [4.78, 5) is 6.77. The van der Waals surface area contributed by atoms with Gasteiger partial charge in [0.2, 0.25) is 0 Å². The van der Waals surface area contributed by atoms with E-state index < -0.39 is 0 Å². The fraction of sp³-hybridized carbons (Fsp3) is 0.273. The second-order valence-corrected chi connectivity index (χ2v) is 7.69. The summed E-state index contributed by atoms with van der Waals surface area (Å²) in [5, 5.41) is 8.78. The first-order valence-corrected chi connectivity index (χ1v) is 9.87. The van der Waals surface area contributed by atoms with Crippen LogP contribution in [0.5, 0.6) is 0 Å². The molecule has 1 unspecified atom stereocenters. The zero-order valence-corrected chi connectivity index (χ0v) is 15.8. The van der Waals surface area contributed by atoms with Crippen LogP contribution in [0.2, 0.25) is 5.02 Å². The lowest BCUT2D eigenvalue weighted by Gasteiger charge is -2.28. The quantitative estimate of drug-likeness (QED) is 0.696. The van der Waals surface area contributed by atoms with E-state index in [9.17, 15) is 0 Å². The molecule has 1 fully saturated rings. The SMILES string of the molecule is Clc1cccc(-c2[nH]nc(C3=CC4CCCN4CC3)c2-c2ccncc2)c1. The Morgan fingerprint density at radius 3 is 2.81 bits per heavy atom. The molecule has 136 valence electrons. The lowest BCUT2D eigenvalue weighted by molar-refractivity contribution is 0.287. The first-order valence-electron chi connectivity index (χ1n) is 9.49. The molecule has 1 aromatic carbocycles. The second kappa shape index (κ2) is 6.95. The first kappa shape index (κ1) is 16.7. The van der Waals surface area contributed by atoms with Crippen molar-refractivity contribution in [2.75, 3.05) is 13.1 Å². The topological polar surface area (TPSA) is 44.8 Å². The first-order chi connectivity index (χ1) is 13.3. The summed E-state index contributed by atoms with van der Waals surface area (Å²) in [6.07, 6.45) is 9.68. The number of halogens is 1. The Labute approximate surface area is 163 Å². The van der Waals surface area contributed by atoms with Crippen molar-refractivity contribution in [3.8, 4) is 22.4 Å². The molecule has 0 amide bonds. The van der Waals surface area contributed by atoms with Crippen LogP contribution in [0.15, 0.2) is 54.9 Å². The molecule has 0 bridgehead atoms. The van der Waals surface area contributed by atoms with E-state index in [4.69, 9.17) is 16.7 Å². The van der Waals surface area contributed by atoms with E-state index in [1.165, 1.54) is 25.0 Å². The molecule has 2 aliphatic rings. The van der Waals surface area contributed by atoms with Gasteiger partial charge in [-0.25, -0.2) is 0 Å². The minimum Gasteiger partial charge on any atom is -0.297 e. The van der Waals surface area contributed by atoms with E-state index in [2.05, 4.69) is 27.1 Å². The molecule has 0 spiro atoms. The Bertz CT molecular complexity index is 993. The Kier molecular flexibility index (Phi) is 4.30. The van der Waals surface area contributed by atoms with Crippen LogP contribution in [-0.4, -0.2) is 39.2 Å². The van der Waals surface area contributed by atoms with Crippen LogP contribution in [0, 0.1) is 0 Å². The molecule has 2 aliphatic heterocycles. The number of nitrogens with zero attached hydrogens (tertiary/aromatic N) is 3. The van der Waals surface area contributed by atoms with Gasteiger partial charge in [0.1, 0.15) is 0 Å². The van der Waals surface area contributed by atoms with Gasteiger partial charge >= 0.3 is 0 Å². The highest BCUT2D eigenvalue weighted by molar-refractivity contribution is 6.30. The predicted octanol–water partition coefficient (Wildman–Crippen LogP) is 5.04. The molecule has 1 saturated heterocycles. The van der Waals surface area contributed by atoms with Crippen LogP contribution >= 0.6 is 11.6 Å². The standard InChI is InChI=1S/C22H21ClN4/c23-18-4-1-3-16(13-18)21-20(15-6-9-24-10-7-15)22(26-25-21)17-8-12-27-11-2-5-19(27)14-17/h1,3-4,6-7,9-10,13-14,19H,2,5,8,11-12H2,(H,25,26). The van der Waals surface area contributed by atoms with Gasteiger partial charge in [0.15, 0.2) is 0 Å². The Morgan fingerprint density at radius 1 is 1.07 bits per heavy atom. The van der Waals surface area contributed by atoms with Crippen molar-refractivity contribution in [2.24, 2.45) is 0 Å². The molecule has 1 N–H and O–H groups in total. The predicted molar refractivity (Wildman–Crippen MR) is 109 cm³/mol. The zero-order valence-electron chi connectivity index (χ0n) is 15.0. The summed E-state index contributed by atoms with van der Waals surface area (Å²) in [6.45, 7) is 2.34. The minimum absolute atomic E-state index is 0.561. The second-order valence-electron chi connectivity index (χ2n) is 7.26. The van der Waals surface area contributed by atoms with Gasteiger partial charge in [-0.15, -0.1) is 0 Å². The summed E-state index contributed by atoms with van der Waals surface area (Å²) in [6, 6.07) is 12.6. The summed E-state index contributed by atoms with van der Waals surface area (Å²) < 4.78 is 0. The van der Waals surface area contributed by atoms with Crippen LogP contribution in [0.1, 0.15) is 25.0 Å². The number of fused-ring (bicyclic) bond motifs is 1. The maximum atomic E-state index is 6.25. The summed E-state index contributed by atoms with van der Waals surface area (Å²) in [5.41, 5.74) is 6.72. The van der Waals surface area contributed by atoms with E-state index in [-0.39, 0.29) is 0 Å². The van der Waals surface area contributed by atoms with Gasteiger partial charge in [-0.3, -0.25) is 15.0 Å². The highest BCUT2D eigenvalue weighted by Crippen LogP contribution is 2.39. The van der Waals surface area contributed by atoms with Gasteiger partial charge in [0.25, 0.3) is 0 Å². The van der Waals surface area contributed by atoms with Crippen molar-refractivity contribution >= 4 is 17.2 Å². The van der Waals surface area contributed by atoms with E-state index in [0.29, 0.717) is 6.04 Å². The third-order valence-electron chi connectivity index (χ3n) is 5.63. The van der Waals surface area contributed by atoms with Crippen LogP contribution in [0.25, 0.3) is 28.0 Å².